The minimum absolute atomic E-state index is 0.112. The first-order chi connectivity index (χ1) is 28.0. The minimum Gasteiger partial charge on any atom is -0.462 e. The van der Waals surface area contributed by atoms with Crippen LogP contribution >= 0.6 is 0 Å². The second kappa shape index (κ2) is 31.4. The fraction of sp³-hybridized carbons (Fsp3) is 0.767. The quantitative estimate of drug-likeness (QED) is 0.0312. The van der Waals surface area contributed by atoms with E-state index < -0.39 is 99.3 Å². The molecule has 11 atom stereocenters. The molecule has 11 unspecified atom stereocenters. The normalized spacial score (nSPS) is 28.6. The van der Waals surface area contributed by atoms with Crippen LogP contribution in [0.5, 0.6) is 0 Å². The standard InChI is InChI=1S/C43H72O15/c1-3-5-7-9-11-12-13-14-15-16-17-18-20-22-24-26-35(46)56-31(28-53-34(45)25-23-21-19-10-8-6-4-2)29-54-42-41(52)39(50)37(48)33(58-42)30-55-43-40(51)38(49)36(47)32(27-44)57-43/h5,7,11-12,14-15,17-18,31-33,36-44,47-52H,3-4,6,8-10,13,16,19-30H2,1-2H3/b7-5-,12-11-,15-14-,18-17-. The molecule has 7 N–H and O–H groups in total. The minimum atomic E-state index is -1.77. The Morgan fingerprint density at radius 2 is 1.09 bits per heavy atom. The molecule has 2 aliphatic rings. The number of unbranched alkanes of at least 4 members (excludes halogenated alkanes) is 8. The van der Waals surface area contributed by atoms with Crippen molar-refractivity contribution in [3.8, 4) is 0 Å². The Kier molecular flexibility index (Phi) is 27.9. The highest BCUT2D eigenvalue weighted by Crippen LogP contribution is 2.26. The lowest BCUT2D eigenvalue weighted by Gasteiger charge is -2.42. The zero-order valence-electron chi connectivity index (χ0n) is 34.5. The van der Waals surface area contributed by atoms with Gasteiger partial charge < -0.3 is 64.2 Å². The number of ether oxygens (including phenoxy) is 6. The number of aliphatic hydroxyl groups is 7. The Balaban J connectivity index is 1.89. The number of allylic oxidation sites excluding steroid dienone is 8. The lowest BCUT2D eigenvalue weighted by molar-refractivity contribution is -0.332. The summed E-state index contributed by atoms with van der Waals surface area (Å²) in [5.74, 6) is -0.987. The molecule has 0 aliphatic carbocycles. The van der Waals surface area contributed by atoms with Crippen molar-refractivity contribution in [2.24, 2.45) is 0 Å². The van der Waals surface area contributed by atoms with Crippen molar-refractivity contribution in [3.05, 3.63) is 48.6 Å². The highest BCUT2D eigenvalue weighted by Gasteiger charge is 2.47. The van der Waals surface area contributed by atoms with Gasteiger partial charge in [0.2, 0.25) is 0 Å². The molecule has 2 rings (SSSR count). The van der Waals surface area contributed by atoms with Gasteiger partial charge in [-0.15, -0.1) is 0 Å². The van der Waals surface area contributed by atoms with E-state index in [2.05, 4.69) is 62.5 Å². The van der Waals surface area contributed by atoms with E-state index in [1.165, 1.54) is 12.8 Å². The van der Waals surface area contributed by atoms with Crippen LogP contribution in [0.2, 0.25) is 0 Å². The summed E-state index contributed by atoms with van der Waals surface area (Å²) in [5, 5.41) is 71.6. The van der Waals surface area contributed by atoms with E-state index >= 15 is 0 Å². The summed E-state index contributed by atoms with van der Waals surface area (Å²) in [6.07, 6.45) is 13.4. The molecular weight excluding hydrogens is 756 g/mol. The maximum absolute atomic E-state index is 12.9. The van der Waals surface area contributed by atoms with E-state index in [-0.39, 0.29) is 19.4 Å². The number of carbonyl (C=O) groups excluding carboxylic acids is 2. The first-order valence-electron chi connectivity index (χ1n) is 21.2. The average Bonchev–Trinajstić information content (AvgIpc) is 3.21. The van der Waals surface area contributed by atoms with E-state index in [0.717, 1.165) is 64.2 Å². The van der Waals surface area contributed by atoms with E-state index in [1.807, 2.05) is 0 Å². The Labute approximate surface area is 344 Å². The first kappa shape index (κ1) is 51.6. The summed E-state index contributed by atoms with van der Waals surface area (Å²) in [6, 6.07) is 0. The predicted molar refractivity (Wildman–Crippen MR) is 215 cm³/mol. The monoisotopic (exact) mass is 828 g/mol. The number of carbonyl (C=O) groups is 2. The van der Waals surface area contributed by atoms with E-state index in [0.29, 0.717) is 12.8 Å². The van der Waals surface area contributed by atoms with Crippen LogP contribution in [0.25, 0.3) is 0 Å². The molecule has 0 bridgehead atoms. The van der Waals surface area contributed by atoms with Crippen molar-refractivity contribution in [2.75, 3.05) is 26.4 Å². The third-order valence-corrected chi connectivity index (χ3v) is 9.82. The number of hydrogen-bond acceptors (Lipinski definition) is 15. The smallest absolute Gasteiger partial charge is 0.306 e. The summed E-state index contributed by atoms with van der Waals surface area (Å²) in [7, 11) is 0. The van der Waals surface area contributed by atoms with E-state index in [1.54, 1.807) is 0 Å². The Bertz CT molecular complexity index is 1210. The van der Waals surface area contributed by atoms with Gasteiger partial charge in [0.15, 0.2) is 18.7 Å². The summed E-state index contributed by atoms with van der Waals surface area (Å²) in [4.78, 5) is 25.4. The molecule has 15 heteroatoms. The highest BCUT2D eigenvalue weighted by molar-refractivity contribution is 5.70. The molecule has 58 heavy (non-hydrogen) atoms. The van der Waals surface area contributed by atoms with Crippen molar-refractivity contribution in [3.63, 3.8) is 0 Å². The molecule has 0 radical (unpaired) electrons. The Hall–Kier alpha value is -2.54. The summed E-state index contributed by atoms with van der Waals surface area (Å²) < 4.78 is 33.2. The molecule has 2 heterocycles. The van der Waals surface area contributed by atoms with Crippen LogP contribution in [0.1, 0.15) is 117 Å². The second-order valence-electron chi connectivity index (χ2n) is 14.8. The molecule has 15 nitrogen and oxygen atoms in total. The van der Waals surface area contributed by atoms with Crippen LogP contribution in [-0.2, 0) is 38.0 Å². The third kappa shape index (κ3) is 20.6. The molecule has 0 aromatic heterocycles. The number of rotatable bonds is 30. The van der Waals surface area contributed by atoms with Crippen LogP contribution in [-0.4, -0.2) is 142 Å². The fourth-order valence-electron chi connectivity index (χ4n) is 6.26. The highest BCUT2D eigenvalue weighted by atomic mass is 16.7. The molecule has 2 saturated heterocycles. The molecule has 2 fully saturated rings. The zero-order valence-corrected chi connectivity index (χ0v) is 34.5. The van der Waals surface area contributed by atoms with Crippen LogP contribution in [0.3, 0.4) is 0 Å². The maximum Gasteiger partial charge on any atom is 0.306 e. The maximum atomic E-state index is 12.9. The van der Waals surface area contributed by atoms with E-state index in [4.69, 9.17) is 28.4 Å². The molecular formula is C43H72O15. The van der Waals surface area contributed by atoms with Crippen molar-refractivity contribution >= 4 is 11.9 Å². The van der Waals surface area contributed by atoms with Gasteiger partial charge in [-0.3, -0.25) is 9.59 Å². The van der Waals surface area contributed by atoms with Crippen LogP contribution in [0.4, 0.5) is 0 Å². The lowest BCUT2D eigenvalue weighted by Crippen LogP contribution is -2.61. The summed E-state index contributed by atoms with van der Waals surface area (Å²) in [6.45, 7) is 2.33. The van der Waals surface area contributed by atoms with Gasteiger partial charge in [-0.1, -0.05) is 101 Å². The lowest BCUT2D eigenvalue weighted by atomic mass is 9.98. The third-order valence-electron chi connectivity index (χ3n) is 9.82. The van der Waals surface area contributed by atoms with Gasteiger partial charge in [0.25, 0.3) is 0 Å². The van der Waals surface area contributed by atoms with Crippen LogP contribution in [0, 0.1) is 0 Å². The van der Waals surface area contributed by atoms with Crippen molar-refractivity contribution in [1.82, 2.24) is 0 Å². The van der Waals surface area contributed by atoms with E-state index in [9.17, 15) is 45.3 Å². The van der Waals surface area contributed by atoms with Crippen molar-refractivity contribution in [2.45, 2.75) is 184 Å². The van der Waals surface area contributed by atoms with Gasteiger partial charge in [-0.05, 0) is 51.4 Å². The molecule has 334 valence electrons. The van der Waals surface area contributed by atoms with Gasteiger partial charge in [-0.25, -0.2) is 0 Å². The van der Waals surface area contributed by atoms with Crippen LogP contribution in [0.15, 0.2) is 48.6 Å². The van der Waals surface area contributed by atoms with Crippen molar-refractivity contribution < 1.29 is 73.8 Å². The molecule has 0 amide bonds. The van der Waals surface area contributed by atoms with Gasteiger partial charge in [-0.2, -0.15) is 0 Å². The van der Waals surface area contributed by atoms with Crippen molar-refractivity contribution in [1.29, 1.82) is 0 Å². The largest absolute Gasteiger partial charge is 0.462 e. The van der Waals surface area contributed by atoms with Gasteiger partial charge >= 0.3 is 11.9 Å². The second-order valence-corrected chi connectivity index (χ2v) is 14.8. The SMILES string of the molecule is CC/C=C\C/C=C\C/C=C\C/C=C\CCCCC(=O)OC(COC(=O)CCCCCCCCC)COC1OC(COC2OC(CO)C(O)C(O)C2O)C(O)C(O)C1O. The Morgan fingerprint density at radius 3 is 1.71 bits per heavy atom. The fourth-order valence-corrected chi connectivity index (χ4v) is 6.26. The molecule has 0 saturated carbocycles. The first-order valence-corrected chi connectivity index (χ1v) is 21.2. The predicted octanol–water partition coefficient (Wildman–Crippen LogP) is 3.59. The van der Waals surface area contributed by atoms with Gasteiger partial charge in [0.05, 0.1) is 19.8 Å². The molecule has 2 aliphatic heterocycles. The number of esters is 2. The summed E-state index contributed by atoms with van der Waals surface area (Å²) >= 11 is 0. The van der Waals surface area contributed by atoms with Gasteiger partial charge in [0, 0.05) is 12.8 Å². The molecule has 0 aromatic carbocycles. The number of hydrogen-bond donors (Lipinski definition) is 7. The molecule has 0 spiro atoms. The topological polar surface area (TPSA) is 231 Å². The average molecular weight is 829 g/mol. The molecule has 0 aromatic rings. The van der Waals surface area contributed by atoms with Gasteiger partial charge in [0.1, 0.15) is 55.4 Å². The number of aliphatic hydroxyl groups excluding tert-OH is 7. The summed E-state index contributed by atoms with van der Waals surface area (Å²) in [5.41, 5.74) is 0. The Morgan fingerprint density at radius 1 is 0.569 bits per heavy atom. The zero-order chi connectivity index (χ0) is 42.5. The van der Waals surface area contributed by atoms with Crippen LogP contribution < -0.4 is 0 Å².